The zero-order valence-corrected chi connectivity index (χ0v) is 14.2. The van der Waals surface area contributed by atoms with Crippen LogP contribution in [0.5, 0.6) is 0 Å². The molecule has 1 atom stereocenters. The van der Waals surface area contributed by atoms with Crippen LogP contribution in [0.3, 0.4) is 0 Å². The Bertz CT molecular complexity index is 822. The number of hydrogen-bond acceptors (Lipinski definition) is 2. The molecule has 3 rings (SSSR count). The maximum atomic E-state index is 13.6. The number of para-hydroxylation sites is 1. The maximum absolute atomic E-state index is 13.6. The highest BCUT2D eigenvalue weighted by atomic mass is 19.1. The molecule has 1 aliphatic heterocycles. The number of nitrogens with zero attached hydrogens (tertiary/aromatic N) is 1. The monoisotopic (exact) mass is 341 g/mol. The van der Waals surface area contributed by atoms with Crippen LogP contribution in [0.25, 0.3) is 0 Å². The van der Waals surface area contributed by atoms with E-state index in [1.54, 1.807) is 17.0 Å². The van der Waals surface area contributed by atoms with E-state index >= 15 is 0 Å². The first-order valence-electron chi connectivity index (χ1n) is 8.13. The van der Waals surface area contributed by atoms with Gasteiger partial charge in [0, 0.05) is 18.7 Å². The van der Waals surface area contributed by atoms with Gasteiger partial charge in [0.15, 0.2) is 0 Å². The van der Waals surface area contributed by atoms with Crippen LogP contribution in [0.4, 0.5) is 20.6 Å². The molecule has 0 saturated carbocycles. The van der Waals surface area contributed by atoms with Gasteiger partial charge in [-0.05, 0) is 49.2 Å². The summed E-state index contributed by atoms with van der Waals surface area (Å²) in [6.45, 7) is 4.41. The van der Waals surface area contributed by atoms with Crippen LogP contribution in [0, 0.1) is 19.7 Å². The lowest BCUT2D eigenvalue weighted by Crippen LogP contribution is -2.39. The summed E-state index contributed by atoms with van der Waals surface area (Å²) in [5, 5.41) is 5.20. The lowest BCUT2D eigenvalue weighted by atomic mass is 10.1. The van der Waals surface area contributed by atoms with Gasteiger partial charge in [-0.2, -0.15) is 0 Å². The summed E-state index contributed by atoms with van der Waals surface area (Å²) in [6.07, 6.45) is 0.220. The fraction of sp³-hybridized carbons (Fsp3) is 0.263. The molecular formula is C19H20FN3O2. The smallest absolute Gasteiger partial charge is 0.319 e. The Morgan fingerprint density at radius 2 is 1.92 bits per heavy atom. The first kappa shape index (κ1) is 17.0. The van der Waals surface area contributed by atoms with Crippen molar-refractivity contribution < 1.29 is 14.0 Å². The third-order valence-electron chi connectivity index (χ3n) is 4.38. The molecule has 0 radical (unpaired) electrons. The van der Waals surface area contributed by atoms with Crippen molar-refractivity contribution in [3.63, 3.8) is 0 Å². The third kappa shape index (κ3) is 3.79. The van der Waals surface area contributed by atoms with Crippen molar-refractivity contribution in [2.75, 3.05) is 16.8 Å². The van der Waals surface area contributed by atoms with Crippen molar-refractivity contribution in [1.29, 1.82) is 0 Å². The zero-order valence-electron chi connectivity index (χ0n) is 14.2. The predicted octanol–water partition coefficient (Wildman–Crippen LogP) is 3.37. The van der Waals surface area contributed by atoms with E-state index in [0.29, 0.717) is 6.54 Å². The quantitative estimate of drug-likeness (QED) is 0.899. The number of rotatable bonds is 3. The van der Waals surface area contributed by atoms with Gasteiger partial charge in [0.1, 0.15) is 5.82 Å². The summed E-state index contributed by atoms with van der Waals surface area (Å²) < 4.78 is 13.6. The van der Waals surface area contributed by atoms with Gasteiger partial charge in [-0.3, -0.25) is 4.79 Å². The van der Waals surface area contributed by atoms with Gasteiger partial charge in [0.2, 0.25) is 5.91 Å². The van der Waals surface area contributed by atoms with E-state index in [0.717, 1.165) is 16.8 Å². The van der Waals surface area contributed by atoms with Crippen molar-refractivity contribution in [1.82, 2.24) is 5.32 Å². The zero-order chi connectivity index (χ0) is 18.0. The topological polar surface area (TPSA) is 61.4 Å². The Morgan fingerprint density at radius 1 is 1.16 bits per heavy atom. The minimum absolute atomic E-state index is 0.0422. The Kier molecular flexibility index (Phi) is 4.70. The number of urea groups is 1. The van der Waals surface area contributed by atoms with Crippen LogP contribution >= 0.6 is 0 Å². The molecule has 130 valence electrons. The second-order valence-electron chi connectivity index (χ2n) is 6.25. The molecule has 0 spiro atoms. The molecule has 2 aromatic rings. The van der Waals surface area contributed by atoms with Crippen LogP contribution < -0.4 is 15.5 Å². The van der Waals surface area contributed by atoms with E-state index in [2.05, 4.69) is 10.6 Å². The number of aryl methyl sites for hydroxylation is 2. The van der Waals surface area contributed by atoms with Crippen LogP contribution in [0.2, 0.25) is 0 Å². The molecular weight excluding hydrogens is 321 g/mol. The van der Waals surface area contributed by atoms with Crippen molar-refractivity contribution >= 4 is 23.3 Å². The second kappa shape index (κ2) is 6.93. The van der Waals surface area contributed by atoms with Crippen molar-refractivity contribution in [3.8, 4) is 0 Å². The van der Waals surface area contributed by atoms with Crippen LogP contribution in [0.1, 0.15) is 17.5 Å². The molecule has 1 saturated heterocycles. The van der Waals surface area contributed by atoms with Crippen molar-refractivity contribution in [3.05, 3.63) is 59.4 Å². The molecule has 1 aliphatic rings. The summed E-state index contributed by atoms with van der Waals surface area (Å²) in [5.41, 5.74) is 3.20. The number of amides is 3. The number of halogens is 1. The molecule has 1 fully saturated rings. The fourth-order valence-electron chi connectivity index (χ4n) is 2.85. The van der Waals surface area contributed by atoms with Crippen molar-refractivity contribution in [2.24, 2.45) is 0 Å². The van der Waals surface area contributed by atoms with E-state index in [1.165, 1.54) is 12.1 Å². The standard InChI is InChI=1S/C19H20FN3O2/c1-12-7-8-15(9-13(12)2)23-11-14(10-18(23)24)21-19(25)22-17-6-4-3-5-16(17)20/h3-9,14H,10-11H2,1-2H3,(H2,21,22,25)/t14-/m1/s1. The highest BCUT2D eigenvalue weighted by Crippen LogP contribution is 2.24. The average Bonchev–Trinajstić information content (AvgIpc) is 2.92. The van der Waals surface area contributed by atoms with Gasteiger partial charge in [0.05, 0.1) is 11.7 Å². The molecule has 0 bridgehead atoms. The molecule has 0 unspecified atom stereocenters. The Morgan fingerprint density at radius 3 is 2.64 bits per heavy atom. The number of hydrogen-bond donors (Lipinski definition) is 2. The fourth-order valence-corrected chi connectivity index (χ4v) is 2.85. The number of carbonyl (C=O) groups excluding carboxylic acids is 2. The minimum atomic E-state index is -0.523. The molecule has 25 heavy (non-hydrogen) atoms. The second-order valence-corrected chi connectivity index (χ2v) is 6.25. The predicted molar refractivity (Wildman–Crippen MR) is 95.2 cm³/mol. The van der Waals surface area contributed by atoms with Gasteiger partial charge in [0.25, 0.3) is 0 Å². The first-order chi connectivity index (χ1) is 11.9. The lowest BCUT2D eigenvalue weighted by Gasteiger charge is -2.18. The lowest BCUT2D eigenvalue weighted by molar-refractivity contribution is -0.117. The van der Waals surface area contributed by atoms with E-state index in [9.17, 15) is 14.0 Å². The number of nitrogens with one attached hydrogen (secondary N) is 2. The van der Waals surface area contributed by atoms with Crippen LogP contribution in [0.15, 0.2) is 42.5 Å². The summed E-state index contributed by atoms with van der Waals surface area (Å²) >= 11 is 0. The third-order valence-corrected chi connectivity index (χ3v) is 4.38. The number of anilines is 2. The van der Waals surface area contributed by atoms with Gasteiger partial charge >= 0.3 is 6.03 Å². The summed E-state index contributed by atoms with van der Waals surface area (Å²) in [6, 6.07) is 11.0. The van der Waals surface area contributed by atoms with E-state index in [1.807, 2.05) is 32.0 Å². The SMILES string of the molecule is Cc1ccc(N2C[C@H](NC(=O)Nc3ccccc3F)CC2=O)cc1C. The molecule has 2 N–H and O–H groups in total. The van der Waals surface area contributed by atoms with E-state index in [-0.39, 0.29) is 24.1 Å². The Labute approximate surface area is 145 Å². The van der Waals surface area contributed by atoms with Gasteiger partial charge in [-0.25, -0.2) is 9.18 Å². The summed E-state index contributed by atoms with van der Waals surface area (Å²) in [5.74, 6) is -0.545. The van der Waals surface area contributed by atoms with Crippen LogP contribution in [-0.4, -0.2) is 24.5 Å². The van der Waals surface area contributed by atoms with Crippen LogP contribution in [-0.2, 0) is 4.79 Å². The van der Waals surface area contributed by atoms with Gasteiger partial charge in [-0.1, -0.05) is 18.2 Å². The summed E-state index contributed by atoms with van der Waals surface area (Å²) in [7, 11) is 0. The number of carbonyl (C=O) groups is 2. The minimum Gasteiger partial charge on any atom is -0.333 e. The Balaban J connectivity index is 1.63. The molecule has 0 aromatic heterocycles. The van der Waals surface area contributed by atoms with Gasteiger partial charge in [-0.15, -0.1) is 0 Å². The van der Waals surface area contributed by atoms with Crippen molar-refractivity contribution in [2.45, 2.75) is 26.3 Å². The molecule has 1 heterocycles. The maximum Gasteiger partial charge on any atom is 0.319 e. The largest absolute Gasteiger partial charge is 0.333 e. The molecule has 2 aromatic carbocycles. The van der Waals surface area contributed by atoms with Gasteiger partial charge < -0.3 is 15.5 Å². The first-order valence-corrected chi connectivity index (χ1v) is 8.13. The van der Waals surface area contributed by atoms with E-state index in [4.69, 9.17) is 0 Å². The Hall–Kier alpha value is -2.89. The summed E-state index contributed by atoms with van der Waals surface area (Å²) in [4.78, 5) is 26.0. The number of benzene rings is 2. The molecule has 6 heteroatoms. The molecule has 0 aliphatic carbocycles. The van der Waals surface area contributed by atoms with E-state index < -0.39 is 11.8 Å². The highest BCUT2D eigenvalue weighted by Gasteiger charge is 2.31. The average molecular weight is 341 g/mol. The normalized spacial score (nSPS) is 16.8. The molecule has 3 amide bonds. The highest BCUT2D eigenvalue weighted by molar-refractivity contribution is 5.97. The molecule has 5 nitrogen and oxygen atoms in total.